The van der Waals surface area contributed by atoms with Gasteiger partial charge < -0.3 is 9.84 Å². The summed E-state index contributed by atoms with van der Waals surface area (Å²) in [6.45, 7) is 7.09. The van der Waals surface area contributed by atoms with Crippen LogP contribution in [0.4, 0.5) is 0 Å². The van der Waals surface area contributed by atoms with Gasteiger partial charge in [-0.05, 0) is 54.8 Å². The van der Waals surface area contributed by atoms with Crippen molar-refractivity contribution < 1.29 is 19.4 Å². The van der Waals surface area contributed by atoms with Gasteiger partial charge >= 0.3 is 11.9 Å². The minimum absolute atomic E-state index is 0.182. The number of carboxylic acids is 1. The Morgan fingerprint density at radius 3 is 2.04 bits per heavy atom. The highest BCUT2D eigenvalue weighted by Gasteiger charge is 2.67. The van der Waals surface area contributed by atoms with Gasteiger partial charge in [0.25, 0.3) is 0 Å². The topological polar surface area (TPSA) is 63.6 Å². The van der Waals surface area contributed by atoms with Crippen molar-refractivity contribution in [3.63, 3.8) is 0 Å². The van der Waals surface area contributed by atoms with E-state index in [1.165, 1.54) is 6.42 Å². The Hall–Kier alpha value is -1.06. The first kappa shape index (κ1) is 19.7. The molecule has 2 bridgehead atoms. The number of carbonyl (C=O) groups is 2. The minimum Gasteiger partial charge on any atom is -0.481 e. The van der Waals surface area contributed by atoms with Gasteiger partial charge in [-0.3, -0.25) is 9.59 Å². The molecule has 0 aromatic heterocycles. The number of rotatable bonds is 9. The molecule has 148 valence electrons. The van der Waals surface area contributed by atoms with Gasteiger partial charge in [0.1, 0.15) is 0 Å². The van der Waals surface area contributed by atoms with Gasteiger partial charge in [-0.2, -0.15) is 0 Å². The molecule has 3 aliphatic carbocycles. The van der Waals surface area contributed by atoms with Crippen LogP contribution in [0, 0.1) is 47.3 Å². The molecule has 3 fully saturated rings. The molecule has 8 atom stereocenters. The Bertz CT molecular complexity index is 516. The predicted molar refractivity (Wildman–Crippen MR) is 100 cm³/mol. The summed E-state index contributed by atoms with van der Waals surface area (Å²) >= 11 is 0. The van der Waals surface area contributed by atoms with Gasteiger partial charge in [-0.15, -0.1) is 0 Å². The van der Waals surface area contributed by atoms with E-state index in [4.69, 9.17) is 4.74 Å². The van der Waals surface area contributed by atoms with Crippen LogP contribution in [-0.4, -0.2) is 23.7 Å². The van der Waals surface area contributed by atoms with Crippen molar-refractivity contribution in [2.75, 3.05) is 6.61 Å². The van der Waals surface area contributed by atoms with Crippen LogP contribution in [0.2, 0.25) is 0 Å². The van der Waals surface area contributed by atoms with E-state index in [2.05, 4.69) is 20.8 Å². The number of ether oxygens (including phenoxy) is 1. The van der Waals surface area contributed by atoms with Gasteiger partial charge in [-0.1, -0.05) is 52.9 Å². The summed E-state index contributed by atoms with van der Waals surface area (Å²) in [5, 5.41) is 9.89. The van der Waals surface area contributed by atoms with E-state index < -0.39 is 17.8 Å². The zero-order valence-electron chi connectivity index (χ0n) is 16.7. The van der Waals surface area contributed by atoms with E-state index in [1.54, 1.807) is 0 Å². The Kier molecular flexibility index (Phi) is 6.29. The second-order valence-corrected chi connectivity index (χ2v) is 8.91. The van der Waals surface area contributed by atoms with E-state index >= 15 is 0 Å². The summed E-state index contributed by atoms with van der Waals surface area (Å²) in [6, 6.07) is 0. The SMILES string of the molecule is CCCCCCOC(=O)C1C2CC(C1C(=O)O)C1C(CC)CC(CC)C21. The Morgan fingerprint density at radius 1 is 0.885 bits per heavy atom. The largest absolute Gasteiger partial charge is 0.481 e. The Balaban J connectivity index is 1.72. The molecule has 0 saturated heterocycles. The number of fused-ring (bicyclic) bond motifs is 5. The molecule has 0 heterocycles. The second kappa shape index (κ2) is 8.31. The molecule has 1 N–H and O–H groups in total. The summed E-state index contributed by atoms with van der Waals surface area (Å²) in [7, 11) is 0. The standard InChI is InChI=1S/C22H36O4/c1-4-7-8-9-10-26-22(25)20-16-12-15(19(20)21(23)24)17-13(5-2)11-14(6-3)18(16)17/h13-20H,4-12H2,1-3H3,(H,23,24). The zero-order valence-corrected chi connectivity index (χ0v) is 16.7. The average Bonchev–Trinajstić information content (AvgIpc) is 3.29. The van der Waals surface area contributed by atoms with Crippen LogP contribution >= 0.6 is 0 Å². The predicted octanol–water partition coefficient (Wildman–Crippen LogP) is 4.77. The third kappa shape index (κ3) is 3.29. The molecule has 0 spiro atoms. The average molecular weight is 365 g/mol. The summed E-state index contributed by atoms with van der Waals surface area (Å²) in [5.74, 6) is 0.851. The van der Waals surface area contributed by atoms with Crippen LogP contribution in [0.25, 0.3) is 0 Å². The van der Waals surface area contributed by atoms with Gasteiger partial charge in [-0.25, -0.2) is 0 Å². The van der Waals surface area contributed by atoms with Crippen LogP contribution in [0.3, 0.4) is 0 Å². The smallest absolute Gasteiger partial charge is 0.310 e. The van der Waals surface area contributed by atoms with Crippen LogP contribution in [0.5, 0.6) is 0 Å². The number of unbranched alkanes of at least 4 members (excludes halogenated alkanes) is 3. The highest BCUT2D eigenvalue weighted by atomic mass is 16.5. The normalized spacial score (nSPS) is 40.6. The lowest BCUT2D eigenvalue weighted by Crippen LogP contribution is -2.43. The molecule has 4 heteroatoms. The van der Waals surface area contributed by atoms with Gasteiger partial charge in [0, 0.05) is 0 Å². The van der Waals surface area contributed by atoms with Gasteiger partial charge in [0.15, 0.2) is 0 Å². The van der Waals surface area contributed by atoms with E-state index in [1.807, 2.05) is 0 Å². The first-order valence-electron chi connectivity index (χ1n) is 10.9. The second-order valence-electron chi connectivity index (χ2n) is 8.91. The van der Waals surface area contributed by atoms with Gasteiger partial charge in [0.05, 0.1) is 18.4 Å². The summed E-state index contributed by atoms with van der Waals surface area (Å²) in [6.07, 6.45) is 8.71. The molecule has 0 aromatic rings. The molecule has 3 rings (SSSR count). The third-order valence-electron chi connectivity index (χ3n) is 7.83. The van der Waals surface area contributed by atoms with Crippen LogP contribution in [0.1, 0.15) is 72.1 Å². The van der Waals surface area contributed by atoms with Crippen molar-refractivity contribution in [3.8, 4) is 0 Å². The highest BCUT2D eigenvalue weighted by molar-refractivity contribution is 5.83. The van der Waals surface area contributed by atoms with Crippen LogP contribution in [-0.2, 0) is 14.3 Å². The lowest BCUT2D eigenvalue weighted by Gasteiger charge is -2.38. The number of hydrogen-bond acceptors (Lipinski definition) is 3. The number of carboxylic acid groups (broad SMARTS) is 1. The molecular formula is C22H36O4. The summed E-state index contributed by atoms with van der Waals surface area (Å²) < 4.78 is 5.57. The summed E-state index contributed by atoms with van der Waals surface area (Å²) in [4.78, 5) is 24.9. The maximum absolute atomic E-state index is 12.8. The monoisotopic (exact) mass is 364 g/mol. The molecule has 4 nitrogen and oxygen atoms in total. The zero-order chi connectivity index (χ0) is 18.8. The third-order valence-corrected chi connectivity index (χ3v) is 7.83. The number of esters is 1. The summed E-state index contributed by atoms with van der Waals surface area (Å²) in [5.41, 5.74) is 0. The molecule has 3 aliphatic rings. The minimum atomic E-state index is -0.779. The molecule has 0 aliphatic heterocycles. The molecule has 8 unspecified atom stereocenters. The Labute approximate surface area is 158 Å². The molecule has 0 radical (unpaired) electrons. The van der Waals surface area contributed by atoms with Crippen molar-refractivity contribution in [1.29, 1.82) is 0 Å². The first-order chi connectivity index (χ1) is 12.5. The Morgan fingerprint density at radius 2 is 1.50 bits per heavy atom. The number of carbonyl (C=O) groups excluding carboxylic acids is 1. The first-order valence-corrected chi connectivity index (χ1v) is 10.9. The maximum atomic E-state index is 12.8. The maximum Gasteiger partial charge on any atom is 0.310 e. The van der Waals surface area contributed by atoms with E-state index in [-0.39, 0.29) is 17.8 Å². The van der Waals surface area contributed by atoms with Crippen molar-refractivity contribution in [2.24, 2.45) is 47.3 Å². The molecule has 26 heavy (non-hydrogen) atoms. The lowest BCUT2D eigenvalue weighted by atomic mass is 9.65. The molecule has 3 saturated carbocycles. The van der Waals surface area contributed by atoms with E-state index in [9.17, 15) is 14.7 Å². The van der Waals surface area contributed by atoms with Crippen molar-refractivity contribution >= 4 is 11.9 Å². The fourth-order valence-corrected chi connectivity index (χ4v) is 6.87. The number of hydrogen-bond donors (Lipinski definition) is 1. The lowest BCUT2D eigenvalue weighted by molar-refractivity contribution is -0.163. The van der Waals surface area contributed by atoms with Crippen LogP contribution in [0.15, 0.2) is 0 Å². The fourth-order valence-electron chi connectivity index (χ4n) is 6.87. The van der Waals surface area contributed by atoms with Crippen molar-refractivity contribution in [3.05, 3.63) is 0 Å². The molecular weight excluding hydrogens is 328 g/mol. The fraction of sp³-hybridized carbons (Fsp3) is 0.909. The van der Waals surface area contributed by atoms with Gasteiger partial charge in [0.2, 0.25) is 0 Å². The molecule has 0 aromatic carbocycles. The highest BCUT2D eigenvalue weighted by Crippen LogP contribution is 2.67. The van der Waals surface area contributed by atoms with Crippen molar-refractivity contribution in [1.82, 2.24) is 0 Å². The number of aliphatic carboxylic acids is 1. The van der Waals surface area contributed by atoms with Crippen molar-refractivity contribution in [2.45, 2.75) is 72.1 Å². The van der Waals surface area contributed by atoms with E-state index in [0.717, 1.165) is 44.9 Å². The van der Waals surface area contributed by atoms with Crippen LogP contribution < -0.4 is 0 Å². The van der Waals surface area contributed by atoms with E-state index in [0.29, 0.717) is 30.3 Å². The molecule has 0 amide bonds. The quantitative estimate of drug-likeness (QED) is 0.473.